The van der Waals surface area contributed by atoms with Crippen molar-refractivity contribution in [2.75, 3.05) is 20.3 Å². The number of rotatable bonds is 7. The van der Waals surface area contributed by atoms with Gasteiger partial charge in [-0.1, -0.05) is 23.7 Å². The van der Waals surface area contributed by atoms with Crippen LogP contribution in [0, 0.1) is 12.7 Å². The molecular formula is C22H23ClFN3O2S. The summed E-state index contributed by atoms with van der Waals surface area (Å²) in [7, 11) is 1.61. The van der Waals surface area contributed by atoms with Gasteiger partial charge in [0.2, 0.25) is 0 Å². The SMILES string of the molecule is COCCNC(=S)N(Cc1ccc(F)cc1)Cc1cc2cc(C)c(Cl)cc2[nH]c1=O. The lowest BCUT2D eigenvalue weighted by molar-refractivity contribution is 0.202. The Bertz CT molecular complexity index is 1100. The van der Waals surface area contributed by atoms with Crippen LogP contribution in [0.15, 0.2) is 47.3 Å². The van der Waals surface area contributed by atoms with E-state index in [0.29, 0.717) is 47.5 Å². The predicted octanol–water partition coefficient (Wildman–Crippen LogP) is 4.15. The summed E-state index contributed by atoms with van der Waals surface area (Å²) in [6.07, 6.45) is 0. The number of aromatic nitrogens is 1. The van der Waals surface area contributed by atoms with Crippen LogP contribution in [0.25, 0.3) is 10.9 Å². The maximum atomic E-state index is 13.3. The normalized spacial score (nSPS) is 10.9. The zero-order valence-corrected chi connectivity index (χ0v) is 18.4. The third-order valence-electron chi connectivity index (χ3n) is 4.72. The van der Waals surface area contributed by atoms with Crippen LogP contribution >= 0.6 is 23.8 Å². The topological polar surface area (TPSA) is 57.4 Å². The van der Waals surface area contributed by atoms with E-state index in [0.717, 1.165) is 16.5 Å². The van der Waals surface area contributed by atoms with Crippen LogP contribution in [0.4, 0.5) is 4.39 Å². The first-order valence-electron chi connectivity index (χ1n) is 9.45. The van der Waals surface area contributed by atoms with Gasteiger partial charge in [-0.05, 0) is 66.0 Å². The molecule has 0 aliphatic carbocycles. The average Bonchev–Trinajstić information content (AvgIpc) is 2.71. The molecule has 0 fully saturated rings. The van der Waals surface area contributed by atoms with E-state index in [9.17, 15) is 9.18 Å². The smallest absolute Gasteiger partial charge is 0.253 e. The van der Waals surface area contributed by atoms with E-state index in [1.165, 1.54) is 12.1 Å². The Balaban J connectivity index is 1.89. The molecule has 0 spiro atoms. The quantitative estimate of drug-likeness (QED) is 0.421. The monoisotopic (exact) mass is 447 g/mol. The summed E-state index contributed by atoms with van der Waals surface area (Å²) in [5, 5.41) is 5.13. The van der Waals surface area contributed by atoms with Crippen molar-refractivity contribution in [2.45, 2.75) is 20.0 Å². The molecule has 30 heavy (non-hydrogen) atoms. The summed E-state index contributed by atoms with van der Waals surface area (Å²) in [5.41, 5.74) is 2.87. The Morgan fingerprint density at radius 1 is 1.23 bits per heavy atom. The maximum absolute atomic E-state index is 13.3. The first kappa shape index (κ1) is 22.2. The van der Waals surface area contributed by atoms with Gasteiger partial charge in [0, 0.05) is 36.3 Å². The molecule has 0 atom stereocenters. The van der Waals surface area contributed by atoms with Crippen LogP contribution < -0.4 is 10.9 Å². The number of fused-ring (bicyclic) bond motifs is 1. The number of thiocarbonyl (C=S) groups is 1. The van der Waals surface area contributed by atoms with E-state index >= 15 is 0 Å². The van der Waals surface area contributed by atoms with Crippen molar-refractivity contribution in [3.8, 4) is 0 Å². The van der Waals surface area contributed by atoms with E-state index in [4.69, 9.17) is 28.6 Å². The van der Waals surface area contributed by atoms with Crippen molar-refractivity contribution in [1.82, 2.24) is 15.2 Å². The Hall–Kier alpha value is -2.48. The van der Waals surface area contributed by atoms with Gasteiger partial charge in [-0.2, -0.15) is 0 Å². The van der Waals surface area contributed by atoms with E-state index in [-0.39, 0.29) is 11.4 Å². The van der Waals surface area contributed by atoms with Gasteiger partial charge in [0.1, 0.15) is 5.82 Å². The Morgan fingerprint density at radius 2 is 1.97 bits per heavy atom. The van der Waals surface area contributed by atoms with E-state index in [2.05, 4.69) is 10.3 Å². The number of benzene rings is 2. The summed E-state index contributed by atoms with van der Waals surface area (Å²) >= 11 is 11.7. The second-order valence-electron chi connectivity index (χ2n) is 7.02. The minimum absolute atomic E-state index is 0.203. The molecule has 8 heteroatoms. The summed E-state index contributed by atoms with van der Waals surface area (Å²) in [5.74, 6) is -0.300. The number of halogens is 2. The number of ether oxygens (including phenoxy) is 1. The van der Waals surface area contributed by atoms with Crippen LogP contribution in [0.1, 0.15) is 16.7 Å². The summed E-state index contributed by atoms with van der Waals surface area (Å²) in [6, 6.07) is 11.8. The van der Waals surface area contributed by atoms with Gasteiger partial charge in [0.15, 0.2) is 5.11 Å². The number of pyridine rings is 1. The van der Waals surface area contributed by atoms with Crippen molar-refractivity contribution in [1.29, 1.82) is 0 Å². The van der Waals surface area contributed by atoms with Gasteiger partial charge >= 0.3 is 0 Å². The van der Waals surface area contributed by atoms with Crippen LogP contribution in [-0.4, -0.2) is 35.3 Å². The highest BCUT2D eigenvalue weighted by Gasteiger charge is 2.14. The molecule has 1 heterocycles. The standard InChI is InChI=1S/C22H23ClFN3O2S/c1-14-9-16-10-17(21(28)26-20(16)11-19(14)23)13-27(22(30)25-7-8-29-2)12-15-3-5-18(24)6-4-15/h3-6,9-11H,7-8,12-13H2,1-2H3,(H,25,30)(H,26,28). The highest BCUT2D eigenvalue weighted by Crippen LogP contribution is 2.22. The van der Waals surface area contributed by atoms with E-state index < -0.39 is 0 Å². The first-order chi connectivity index (χ1) is 14.4. The second-order valence-corrected chi connectivity index (χ2v) is 7.81. The van der Waals surface area contributed by atoms with Crippen LogP contribution in [0.5, 0.6) is 0 Å². The third-order valence-corrected chi connectivity index (χ3v) is 5.53. The fourth-order valence-corrected chi connectivity index (χ4v) is 3.49. The molecule has 3 aromatic rings. The van der Waals surface area contributed by atoms with Crippen molar-refractivity contribution in [3.05, 3.63) is 80.3 Å². The summed E-state index contributed by atoms with van der Waals surface area (Å²) in [4.78, 5) is 17.5. The fourth-order valence-electron chi connectivity index (χ4n) is 3.09. The molecule has 5 nitrogen and oxygen atoms in total. The Morgan fingerprint density at radius 3 is 2.67 bits per heavy atom. The summed E-state index contributed by atoms with van der Waals surface area (Å²) in [6.45, 7) is 3.68. The minimum Gasteiger partial charge on any atom is -0.383 e. The average molecular weight is 448 g/mol. The summed E-state index contributed by atoms with van der Waals surface area (Å²) < 4.78 is 18.3. The molecule has 1 aromatic heterocycles. The molecule has 3 rings (SSSR count). The number of nitrogens with one attached hydrogen (secondary N) is 2. The Kier molecular flexibility index (Phi) is 7.42. The van der Waals surface area contributed by atoms with Gasteiger partial charge in [-0.3, -0.25) is 4.79 Å². The molecule has 0 saturated heterocycles. The van der Waals surface area contributed by atoms with Crippen LogP contribution in [0.3, 0.4) is 0 Å². The van der Waals surface area contributed by atoms with E-state index in [1.807, 2.05) is 24.0 Å². The van der Waals surface area contributed by atoms with Gasteiger partial charge in [0.05, 0.1) is 13.2 Å². The first-order valence-corrected chi connectivity index (χ1v) is 10.2. The molecule has 0 saturated carbocycles. The lowest BCUT2D eigenvalue weighted by Crippen LogP contribution is -2.41. The van der Waals surface area contributed by atoms with Crippen LogP contribution in [0.2, 0.25) is 5.02 Å². The molecule has 2 N–H and O–H groups in total. The highest BCUT2D eigenvalue weighted by molar-refractivity contribution is 7.80. The molecular weight excluding hydrogens is 425 g/mol. The molecule has 0 amide bonds. The maximum Gasteiger partial charge on any atom is 0.253 e. The number of methoxy groups -OCH3 is 1. The number of hydrogen-bond donors (Lipinski definition) is 2. The molecule has 2 aromatic carbocycles. The van der Waals surface area contributed by atoms with Gasteiger partial charge in [-0.25, -0.2) is 4.39 Å². The predicted molar refractivity (Wildman–Crippen MR) is 122 cm³/mol. The zero-order valence-electron chi connectivity index (χ0n) is 16.8. The van der Waals surface area contributed by atoms with Crippen molar-refractivity contribution in [3.63, 3.8) is 0 Å². The minimum atomic E-state index is -0.300. The van der Waals surface area contributed by atoms with Crippen molar-refractivity contribution < 1.29 is 9.13 Å². The fraction of sp³-hybridized carbons (Fsp3) is 0.273. The van der Waals surface area contributed by atoms with Crippen molar-refractivity contribution in [2.24, 2.45) is 0 Å². The second kappa shape index (κ2) is 10.0. The number of aromatic amines is 1. The molecule has 0 aliphatic rings. The molecule has 0 aliphatic heterocycles. The molecule has 0 unspecified atom stereocenters. The van der Waals surface area contributed by atoms with Gasteiger partial charge < -0.3 is 19.9 Å². The number of hydrogen-bond acceptors (Lipinski definition) is 3. The number of H-pyrrole nitrogens is 1. The number of aryl methyl sites for hydroxylation is 1. The largest absolute Gasteiger partial charge is 0.383 e. The molecule has 0 bridgehead atoms. The van der Waals surface area contributed by atoms with E-state index in [1.54, 1.807) is 25.3 Å². The third kappa shape index (κ3) is 5.56. The van der Waals surface area contributed by atoms with Gasteiger partial charge in [0.25, 0.3) is 5.56 Å². The Labute approximate surface area is 184 Å². The van der Waals surface area contributed by atoms with Crippen molar-refractivity contribution >= 4 is 39.8 Å². The van der Waals surface area contributed by atoms with Crippen LogP contribution in [-0.2, 0) is 17.8 Å². The van der Waals surface area contributed by atoms with Gasteiger partial charge in [-0.15, -0.1) is 0 Å². The lowest BCUT2D eigenvalue weighted by atomic mass is 10.1. The number of nitrogens with zero attached hydrogens (tertiary/aromatic N) is 1. The highest BCUT2D eigenvalue weighted by atomic mass is 35.5. The lowest BCUT2D eigenvalue weighted by Gasteiger charge is -2.26. The molecule has 158 valence electrons. The molecule has 0 radical (unpaired) electrons. The zero-order chi connectivity index (χ0) is 21.7.